The minimum atomic E-state index is -4.14. The highest BCUT2D eigenvalue weighted by Crippen LogP contribution is 2.30. The zero-order valence-electron chi connectivity index (χ0n) is 16.5. The van der Waals surface area contributed by atoms with Crippen molar-refractivity contribution in [1.29, 1.82) is 0 Å². The average molecular weight is 476 g/mol. The molecule has 0 aliphatic carbocycles. The summed E-state index contributed by atoms with van der Waals surface area (Å²) in [6.45, 7) is 4.01. The number of nitrogens with two attached hydrogens (primary N) is 1. The van der Waals surface area contributed by atoms with Gasteiger partial charge in [-0.2, -0.15) is 4.31 Å². The Kier molecular flexibility index (Phi) is 7.48. The van der Waals surface area contributed by atoms with E-state index in [1.165, 1.54) is 41.7 Å². The zero-order valence-corrected chi connectivity index (χ0v) is 18.9. The van der Waals surface area contributed by atoms with Crippen LogP contribution in [-0.4, -0.2) is 47.2 Å². The van der Waals surface area contributed by atoms with Crippen molar-refractivity contribution >= 4 is 43.2 Å². The van der Waals surface area contributed by atoms with Gasteiger partial charge in [0.15, 0.2) is 0 Å². The lowest BCUT2D eigenvalue weighted by Gasteiger charge is -2.19. The highest BCUT2D eigenvalue weighted by Gasteiger charge is 2.24. The maximum absolute atomic E-state index is 12.8. The lowest BCUT2D eigenvalue weighted by atomic mass is 10.2. The maximum Gasteiger partial charge on any atom is 0.255 e. The average Bonchev–Trinajstić information content (AvgIpc) is 2.68. The Labute approximate surface area is 180 Å². The van der Waals surface area contributed by atoms with Gasteiger partial charge in [-0.3, -0.25) is 4.79 Å². The summed E-state index contributed by atoms with van der Waals surface area (Å²) in [7, 11) is -6.54. The summed E-state index contributed by atoms with van der Waals surface area (Å²) >= 11 is 5.84. The quantitative estimate of drug-likeness (QED) is 0.601. The molecule has 2 rings (SSSR count). The van der Waals surface area contributed by atoms with Crippen LogP contribution in [0.25, 0.3) is 0 Å². The third-order valence-corrected chi connectivity index (χ3v) is 7.70. The fourth-order valence-corrected chi connectivity index (χ4v) is 5.27. The molecule has 0 atom stereocenters. The lowest BCUT2D eigenvalue weighted by molar-refractivity contribution is 0.102. The van der Waals surface area contributed by atoms with Crippen molar-refractivity contribution in [2.24, 2.45) is 5.14 Å². The number of ether oxygens (including phenoxy) is 1. The van der Waals surface area contributed by atoms with Crippen LogP contribution in [0.2, 0.25) is 5.02 Å². The van der Waals surface area contributed by atoms with Crippen molar-refractivity contribution in [3.8, 4) is 5.75 Å². The van der Waals surface area contributed by atoms with E-state index in [2.05, 4.69) is 5.32 Å². The van der Waals surface area contributed by atoms with Gasteiger partial charge in [0.1, 0.15) is 10.6 Å². The molecule has 0 radical (unpaired) electrons. The summed E-state index contributed by atoms with van der Waals surface area (Å²) in [5, 5.41) is 7.52. The van der Waals surface area contributed by atoms with Gasteiger partial charge in [-0.1, -0.05) is 25.4 Å². The molecule has 12 heteroatoms. The molecule has 1 amide bonds. The van der Waals surface area contributed by atoms with Crippen LogP contribution in [-0.2, 0) is 20.0 Å². The molecular formula is C18H22ClN3O6S2. The van der Waals surface area contributed by atoms with Crippen molar-refractivity contribution in [2.45, 2.75) is 23.6 Å². The number of benzene rings is 2. The van der Waals surface area contributed by atoms with E-state index < -0.39 is 30.8 Å². The van der Waals surface area contributed by atoms with Gasteiger partial charge in [-0.25, -0.2) is 22.0 Å². The number of sulfonamides is 2. The summed E-state index contributed by atoms with van der Waals surface area (Å²) < 4.78 is 55.3. The van der Waals surface area contributed by atoms with Crippen molar-refractivity contribution < 1.29 is 26.4 Å². The molecule has 0 spiro atoms. The molecule has 9 nitrogen and oxygen atoms in total. The molecule has 0 saturated carbocycles. The number of halogens is 1. The fraction of sp³-hybridized carbons (Fsp3) is 0.278. The van der Waals surface area contributed by atoms with Crippen LogP contribution in [0.5, 0.6) is 5.75 Å². The predicted molar refractivity (Wildman–Crippen MR) is 114 cm³/mol. The van der Waals surface area contributed by atoms with Gasteiger partial charge >= 0.3 is 0 Å². The number of anilines is 1. The van der Waals surface area contributed by atoms with Crippen LogP contribution in [0.4, 0.5) is 5.69 Å². The van der Waals surface area contributed by atoms with Gasteiger partial charge in [0, 0.05) is 18.7 Å². The Hall–Kier alpha value is -2.18. The van der Waals surface area contributed by atoms with E-state index >= 15 is 0 Å². The SMILES string of the molecule is CCN(CC)S(=O)(=O)c1ccc(OC)c(NC(=O)c2ccc(Cl)c(S(N)(=O)=O)c2)c1. The van der Waals surface area contributed by atoms with Crippen LogP contribution in [0.3, 0.4) is 0 Å². The predicted octanol–water partition coefficient (Wildman–Crippen LogP) is 2.28. The molecule has 3 N–H and O–H groups in total. The summed E-state index contributed by atoms with van der Waals surface area (Å²) in [5.74, 6) is -0.477. The first-order valence-corrected chi connectivity index (χ1v) is 12.1. The molecular weight excluding hydrogens is 454 g/mol. The third kappa shape index (κ3) is 5.10. The monoisotopic (exact) mass is 475 g/mol. The zero-order chi connectivity index (χ0) is 22.7. The summed E-state index contributed by atoms with van der Waals surface area (Å²) in [6.07, 6.45) is 0. The van der Waals surface area contributed by atoms with Gasteiger partial charge in [-0.05, 0) is 36.4 Å². The van der Waals surface area contributed by atoms with Gasteiger partial charge in [0.2, 0.25) is 20.0 Å². The number of amides is 1. The van der Waals surface area contributed by atoms with E-state index in [9.17, 15) is 21.6 Å². The van der Waals surface area contributed by atoms with Crippen molar-refractivity contribution in [3.63, 3.8) is 0 Å². The Morgan fingerprint density at radius 2 is 1.73 bits per heavy atom. The number of methoxy groups -OCH3 is 1. The van der Waals surface area contributed by atoms with Gasteiger partial charge < -0.3 is 10.1 Å². The van der Waals surface area contributed by atoms with Crippen LogP contribution in [0.15, 0.2) is 46.2 Å². The Balaban J connectivity index is 2.47. The minimum Gasteiger partial charge on any atom is -0.495 e. The molecule has 0 aromatic heterocycles. The van der Waals surface area contributed by atoms with Gasteiger partial charge in [0.25, 0.3) is 5.91 Å². The topological polar surface area (TPSA) is 136 Å². The van der Waals surface area contributed by atoms with Gasteiger partial charge in [-0.15, -0.1) is 0 Å². The van der Waals surface area contributed by atoms with E-state index in [0.29, 0.717) is 0 Å². The molecule has 2 aromatic rings. The molecule has 0 aliphatic rings. The molecule has 0 heterocycles. The second-order valence-electron chi connectivity index (χ2n) is 6.10. The number of hydrogen-bond donors (Lipinski definition) is 2. The normalized spacial score (nSPS) is 12.1. The minimum absolute atomic E-state index is 0.0244. The molecule has 0 unspecified atom stereocenters. The molecule has 30 heavy (non-hydrogen) atoms. The first kappa shape index (κ1) is 24.1. The molecule has 0 saturated heterocycles. The molecule has 2 aromatic carbocycles. The number of rotatable bonds is 8. The van der Waals surface area contributed by atoms with Gasteiger partial charge in [0.05, 0.1) is 22.7 Å². The Bertz CT molecular complexity index is 1160. The number of primary sulfonamides is 1. The summed E-state index contributed by atoms with van der Waals surface area (Å²) in [6, 6.07) is 7.66. The van der Waals surface area contributed by atoms with Crippen molar-refractivity contribution in [2.75, 3.05) is 25.5 Å². The van der Waals surface area contributed by atoms with E-state index in [0.717, 1.165) is 6.07 Å². The molecule has 164 valence electrons. The van der Waals surface area contributed by atoms with E-state index in [-0.39, 0.29) is 40.0 Å². The van der Waals surface area contributed by atoms with Crippen molar-refractivity contribution in [3.05, 3.63) is 47.0 Å². The molecule has 0 fully saturated rings. The number of nitrogens with zero attached hydrogens (tertiary/aromatic N) is 1. The van der Waals surface area contributed by atoms with Crippen LogP contribution in [0, 0.1) is 0 Å². The number of carbonyl (C=O) groups excluding carboxylic acids is 1. The fourth-order valence-electron chi connectivity index (χ4n) is 2.71. The summed E-state index contributed by atoms with van der Waals surface area (Å²) in [4.78, 5) is 12.2. The number of carbonyl (C=O) groups is 1. The molecule has 0 aliphatic heterocycles. The number of nitrogens with one attached hydrogen (secondary N) is 1. The highest BCUT2D eigenvalue weighted by atomic mass is 35.5. The standard InChI is InChI=1S/C18H22ClN3O6S2/c1-4-22(5-2)30(26,27)13-7-9-16(28-3)15(11-13)21-18(23)12-6-8-14(19)17(10-12)29(20,24)25/h6-11H,4-5H2,1-3H3,(H,21,23)(H2,20,24,25). The smallest absolute Gasteiger partial charge is 0.255 e. The molecule has 0 bridgehead atoms. The maximum atomic E-state index is 12.8. The van der Waals surface area contributed by atoms with Crippen LogP contribution >= 0.6 is 11.6 Å². The first-order valence-electron chi connectivity index (χ1n) is 8.77. The third-order valence-electron chi connectivity index (χ3n) is 4.26. The second kappa shape index (κ2) is 9.31. The lowest BCUT2D eigenvalue weighted by Crippen LogP contribution is -2.30. The Morgan fingerprint density at radius 1 is 1.10 bits per heavy atom. The summed E-state index contributed by atoms with van der Waals surface area (Å²) in [5.41, 5.74) is 0.0605. The van der Waals surface area contributed by atoms with E-state index in [1.807, 2.05) is 0 Å². The van der Waals surface area contributed by atoms with Crippen molar-refractivity contribution in [1.82, 2.24) is 4.31 Å². The van der Waals surface area contributed by atoms with E-state index in [1.54, 1.807) is 13.8 Å². The highest BCUT2D eigenvalue weighted by molar-refractivity contribution is 7.89. The first-order chi connectivity index (χ1) is 13.9. The number of hydrogen-bond acceptors (Lipinski definition) is 6. The second-order valence-corrected chi connectivity index (χ2v) is 9.97. The van der Waals surface area contributed by atoms with Crippen LogP contribution < -0.4 is 15.2 Å². The Morgan fingerprint density at radius 3 is 2.27 bits per heavy atom. The van der Waals surface area contributed by atoms with Crippen LogP contribution in [0.1, 0.15) is 24.2 Å². The largest absolute Gasteiger partial charge is 0.495 e. The van der Waals surface area contributed by atoms with E-state index in [4.69, 9.17) is 21.5 Å².